The molecule has 18 heavy (non-hydrogen) atoms. The van der Waals surface area contributed by atoms with Crippen LogP contribution in [0.15, 0.2) is 30.3 Å². The number of halogens is 1. The highest BCUT2D eigenvalue weighted by Gasteiger charge is 2.25. The number of hydrogen-bond donors (Lipinski definition) is 1. The van der Waals surface area contributed by atoms with Gasteiger partial charge in [0.2, 0.25) is 0 Å². The van der Waals surface area contributed by atoms with Crippen molar-refractivity contribution in [2.75, 3.05) is 19.0 Å². The van der Waals surface area contributed by atoms with E-state index in [-0.39, 0.29) is 0 Å². The van der Waals surface area contributed by atoms with Crippen LogP contribution in [-0.2, 0) is 6.42 Å². The van der Waals surface area contributed by atoms with Gasteiger partial charge < -0.3 is 5.32 Å². The number of nitrogens with one attached hydrogen (secondary N) is 1. The second-order valence-corrected chi connectivity index (χ2v) is 5.71. The first-order valence-electron chi connectivity index (χ1n) is 7.20. The van der Waals surface area contributed by atoms with Gasteiger partial charge in [0.1, 0.15) is 0 Å². The summed E-state index contributed by atoms with van der Waals surface area (Å²) < 4.78 is 0. The summed E-state index contributed by atoms with van der Waals surface area (Å²) >= 11 is 5.99. The van der Waals surface area contributed by atoms with Crippen molar-refractivity contribution in [3.8, 4) is 0 Å². The monoisotopic (exact) mass is 265 g/mol. The Morgan fingerprint density at radius 3 is 2.67 bits per heavy atom. The molecular formula is C16H24ClN. The Morgan fingerprint density at radius 1 is 1.11 bits per heavy atom. The molecule has 1 nitrogen and oxygen atoms in total. The molecule has 0 radical (unpaired) electrons. The van der Waals surface area contributed by atoms with Crippen LogP contribution in [0.5, 0.6) is 0 Å². The highest BCUT2D eigenvalue weighted by Crippen LogP contribution is 2.31. The Bertz CT molecular complexity index is 325. The van der Waals surface area contributed by atoms with Gasteiger partial charge >= 0.3 is 0 Å². The zero-order valence-electron chi connectivity index (χ0n) is 11.1. The van der Waals surface area contributed by atoms with Gasteiger partial charge in [0.25, 0.3) is 0 Å². The molecule has 2 unspecified atom stereocenters. The highest BCUT2D eigenvalue weighted by molar-refractivity contribution is 6.18. The molecule has 0 amide bonds. The van der Waals surface area contributed by atoms with Crippen molar-refractivity contribution in [1.82, 2.24) is 5.32 Å². The summed E-state index contributed by atoms with van der Waals surface area (Å²) in [4.78, 5) is 0. The van der Waals surface area contributed by atoms with Gasteiger partial charge in [0.15, 0.2) is 0 Å². The van der Waals surface area contributed by atoms with Crippen molar-refractivity contribution in [1.29, 1.82) is 0 Å². The summed E-state index contributed by atoms with van der Waals surface area (Å²) in [7, 11) is 0. The van der Waals surface area contributed by atoms with E-state index in [1.54, 1.807) is 0 Å². The minimum absolute atomic E-state index is 0.758. The van der Waals surface area contributed by atoms with E-state index in [2.05, 4.69) is 35.6 Å². The fourth-order valence-electron chi connectivity index (χ4n) is 2.94. The Kier molecular flexibility index (Phi) is 6.02. The van der Waals surface area contributed by atoms with Crippen LogP contribution in [0.3, 0.4) is 0 Å². The quantitative estimate of drug-likeness (QED) is 0.583. The molecule has 100 valence electrons. The molecular weight excluding hydrogens is 242 g/mol. The lowest BCUT2D eigenvalue weighted by Gasteiger charge is -2.17. The fourth-order valence-corrected chi connectivity index (χ4v) is 3.34. The van der Waals surface area contributed by atoms with E-state index in [0.29, 0.717) is 0 Å². The second-order valence-electron chi connectivity index (χ2n) is 5.40. The molecule has 0 heterocycles. The number of aryl methyl sites for hydroxylation is 1. The summed E-state index contributed by atoms with van der Waals surface area (Å²) in [5.74, 6) is 2.42. The zero-order chi connectivity index (χ0) is 12.6. The molecule has 0 aromatic heterocycles. The van der Waals surface area contributed by atoms with Gasteiger partial charge in [-0.1, -0.05) is 36.8 Å². The van der Waals surface area contributed by atoms with Crippen molar-refractivity contribution < 1.29 is 0 Å². The Labute approximate surface area is 116 Å². The van der Waals surface area contributed by atoms with Crippen LogP contribution in [0.1, 0.15) is 31.2 Å². The maximum absolute atomic E-state index is 5.99. The standard InChI is InChI=1S/C16H24ClN/c17-12-15-9-4-10-16(15)13-18-11-5-8-14-6-2-1-3-7-14/h1-3,6-7,15-16,18H,4-5,8-13H2. The average molecular weight is 266 g/mol. The highest BCUT2D eigenvalue weighted by atomic mass is 35.5. The minimum atomic E-state index is 0.758. The smallest absolute Gasteiger partial charge is 0.0254 e. The van der Waals surface area contributed by atoms with Crippen LogP contribution in [0.4, 0.5) is 0 Å². The van der Waals surface area contributed by atoms with Crippen LogP contribution in [0, 0.1) is 11.8 Å². The summed E-state index contributed by atoms with van der Waals surface area (Å²) in [6.07, 6.45) is 6.47. The zero-order valence-corrected chi connectivity index (χ0v) is 11.8. The number of hydrogen-bond acceptors (Lipinski definition) is 1. The van der Waals surface area contributed by atoms with E-state index < -0.39 is 0 Å². The first-order chi connectivity index (χ1) is 8.90. The van der Waals surface area contributed by atoms with Gasteiger partial charge in [0.05, 0.1) is 0 Å². The van der Waals surface area contributed by atoms with Crippen LogP contribution >= 0.6 is 11.6 Å². The summed E-state index contributed by atoms with van der Waals surface area (Å²) in [6.45, 7) is 2.28. The van der Waals surface area contributed by atoms with Gasteiger partial charge in [-0.2, -0.15) is 0 Å². The van der Waals surface area contributed by atoms with E-state index in [0.717, 1.165) is 30.8 Å². The minimum Gasteiger partial charge on any atom is -0.316 e. The Hall–Kier alpha value is -0.530. The predicted octanol–water partition coefficient (Wildman–Crippen LogP) is 3.86. The lowest BCUT2D eigenvalue weighted by molar-refractivity contribution is 0.395. The van der Waals surface area contributed by atoms with Crippen LogP contribution < -0.4 is 5.32 Å². The molecule has 2 atom stereocenters. The second kappa shape index (κ2) is 7.81. The van der Waals surface area contributed by atoms with E-state index in [1.165, 1.54) is 37.7 Å². The van der Waals surface area contributed by atoms with Crippen LogP contribution in [0.25, 0.3) is 0 Å². The molecule has 0 spiro atoms. The SMILES string of the molecule is ClCC1CCCC1CNCCCc1ccccc1. The van der Waals surface area contributed by atoms with Crippen molar-refractivity contribution >= 4 is 11.6 Å². The first-order valence-corrected chi connectivity index (χ1v) is 7.74. The predicted molar refractivity (Wildman–Crippen MR) is 79.2 cm³/mol. The number of benzene rings is 1. The molecule has 1 aromatic rings. The molecule has 2 heteroatoms. The van der Waals surface area contributed by atoms with E-state index in [4.69, 9.17) is 11.6 Å². The molecule has 1 aromatic carbocycles. The third-order valence-corrected chi connectivity index (χ3v) is 4.48. The number of alkyl halides is 1. The molecule has 1 aliphatic carbocycles. The maximum atomic E-state index is 5.99. The van der Waals surface area contributed by atoms with Gasteiger partial charge in [-0.3, -0.25) is 0 Å². The van der Waals surface area contributed by atoms with E-state index in [9.17, 15) is 0 Å². The van der Waals surface area contributed by atoms with Gasteiger partial charge in [0, 0.05) is 5.88 Å². The van der Waals surface area contributed by atoms with Gasteiger partial charge in [-0.25, -0.2) is 0 Å². The molecule has 0 saturated heterocycles. The average Bonchev–Trinajstić information content (AvgIpc) is 2.87. The van der Waals surface area contributed by atoms with Crippen LogP contribution in [0.2, 0.25) is 0 Å². The Morgan fingerprint density at radius 2 is 1.89 bits per heavy atom. The molecule has 1 saturated carbocycles. The summed E-state index contributed by atoms with van der Waals surface area (Å²) in [6, 6.07) is 10.7. The lowest BCUT2D eigenvalue weighted by Crippen LogP contribution is -2.27. The topological polar surface area (TPSA) is 12.0 Å². The molecule has 0 bridgehead atoms. The molecule has 1 N–H and O–H groups in total. The summed E-state index contributed by atoms with van der Waals surface area (Å²) in [5, 5.41) is 3.60. The molecule has 1 aliphatic rings. The van der Waals surface area contributed by atoms with E-state index >= 15 is 0 Å². The van der Waals surface area contributed by atoms with Crippen molar-refractivity contribution in [3.63, 3.8) is 0 Å². The van der Waals surface area contributed by atoms with Gasteiger partial charge in [-0.05, 0) is 56.2 Å². The largest absolute Gasteiger partial charge is 0.316 e. The van der Waals surface area contributed by atoms with Crippen molar-refractivity contribution in [2.24, 2.45) is 11.8 Å². The first kappa shape index (κ1) is 13.9. The maximum Gasteiger partial charge on any atom is 0.0254 e. The summed E-state index contributed by atoms with van der Waals surface area (Å²) in [5.41, 5.74) is 1.44. The van der Waals surface area contributed by atoms with Crippen molar-refractivity contribution in [2.45, 2.75) is 32.1 Å². The normalized spacial score (nSPS) is 23.4. The third-order valence-electron chi connectivity index (χ3n) is 4.08. The Balaban J connectivity index is 1.56. The third kappa shape index (κ3) is 4.29. The molecule has 0 aliphatic heterocycles. The number of rotatable bonds is 7. The fraction of sp³-hybridized carbons (Fsp3) is 0.625. The van der Waals surface area contributed by atoms with E-state index in [1.807, 2.05) is 0 Å². The molecule has 2 rings (SSSR count). The van der Waals surface area contributed by atoms with Gasteiger partial charge in [-0.15, -0.1) is 11.6 Å². The lowest BCUT2D eigenvalue weighted by atomic mass is 9.98. The van der Waals surface area contributed by atoms with Crippen molar-refractivity contribution in [3.05, 3.63) is 35.9 Å². The molecule has 1 fully saturated rings. The van der Waals surface area contributed by atoms with Crippen LogP contribution in [-0.4, -0.2) is 19.0 Å².